The van der Waals surface area contributed by atoms with Gasteiger partial charge in [0.15, 0.2) is 0 Å². The Hall–Kier alpha value is -4.08. The van der Waals surface area contributed by atoms with E-state index in [0.717, 1.165) is 79.0 Å². The zero-order valence-corrected chi connectivity index (χ0v) is 24.8. The Morgan fingerprint density at radius 3 is 2.69 bits per heavy atom. The average Bonchev–Trinajstić information content (AvgIpc) is 3.68. The van der Waals surface area contributed by atoms with Crippen LogP contribution in [-0.2, 0) is 11.2 Å². The van der Waals surface area contributed by atoms with Crippen molar-refractivity contribution in [2.24, 2.45) is 10.7 Å². The first-order valence-corrected chi connectivity index (χ1v) is 14.9. The average molecular weight is 568 g/mol. The molecular formula is C33H41N7O2. The number of fused-ring (bicyclic) bond motifs is 1. The molecule has 2 aromatic heterocycles. The molecule has 2 aromatic carbocycles. The van der Waals surface area contributed by atoms with Gasteiger partial charge in [-0.05, 0) is 75.7 Å². The van der Waals surface area contributed by atoms with E-state index in [1.165, 1.54) is 11.3 Å². The zero-order valence-electron chi connectivity index (χ0n) is 24.8. The predicted molar refractivity (Wildman–Crippen MR) is 170 cm³/mol. The Morgan fingerprint density at radius 1 is 1.14 bits per heavy atom. The number of rotatable bonds is 8. The Kier molecular flexibility index (Phi) is 8.04. The van der Waals surface area contributed by atoms with E-state index >= 15 is 0 Å². The van der Waals surface area contributed by atoms with Gasteiger partial charge in [0.05, 0.1) is 41.3 Å². The molecule has 0 bridgehead atoms. The molecule has 0 radical (unpaired) electrons. The number of aromatic hydroxyl groups is 1. The van der Waals surface area contributed by atoms with Crippen molar-refractivity contribution in [3.05, 3.63) is 72.1 Å². The largest absolute Gasteiger partial charge is 0.508 e. The molecule has 1 atom stereocenters. The lowest BCUT2D eigenvalue weighted by Crippen LogP contribution is -2.42. The predicted octanol–water partition coefficient (Wildman–Crippen LogP) is 5.04. The molecule has 2 saturated heterocycles. The van der Waals surface area contributed by atoms with Crippen molar-refractivity contribution in [2.75, 3.05) is 50.6 Å². The topological polar surface area (TPSA) is 104 Å². The quantitative estimate of drug-likeness (QED) is 0.203. The number of phenolic OH excluding ortho intramolecular Hbond substituents is 1. The van der Waals surface area contributed by atoms with Gasteiger partial charge in [-0.2, -0.15) is 5.10 Å². The Labute approximate surface area is 247 Å². The number of piperidine rings is 1. The van der Waals surface area contributed by atoms with Crippen LogP contribution in [0.5, 0.6) is 5.75 Å². The summed E-state index contributed by atoms with van der Waals surface area (Å²) in [4.78, 5) is 9.65. The standard InChI is InChI=1S/C33H41N7O2/c1-4-22-17-26(41)9-10-29(22)37-33(34)28-19-35-40-20-23(18-31(40)32(28)36-24-13-16-42-21-24)27-7-5-6-8-30(27)39-14-11-25(12-15-39)38(2)3/h5-10,17-20,24-25,36,41H,4,11-16,21H2,1-3H3,(H2,34,37)/t24-/m1/s1. The number of nitrogens with two attached hydrogens (primary N) is 1. The maximum atomic E-state index is 9.95. The molecule has 220 valence electrons. The highest BCUT2D eigenvalue weighted by Crippen LogP contribution is 2.36. The van der Waals surface area contributed by atoms with E-state index in [-0.39, 0.29) is 11.8 Å². The molecule has 2 aliphatic rings. The second kappa shape index (κ2) is 12.0. The summed E-state index contributed by atoms with van der Waals surface area (Å²) < 4.78 is 7.61. The molecule has 0 saturated carbocycles. The normalized spacial score (nSPS) is 18.3. The number of aliphatic imine (C=N–C) groups is 1. The van der Waals surface area contributed by atoms with Gasteiger partial charge in [0, 0.05) is 48.7 Å². The van der Waals surface area contributed by atoms with Crippen LogP contribution in [0.25, 0.3) is 16.6 Å². The highest BCUT2D eigenvalue weighted by Gasteiger charge is 2.24. The fourth-order valence-corrected chi connectivity index (χ4v) is 6.17. The van der Waals surface area contributed by atoms with Crippen LogP contribution in [0.1, 0.15) is 37.3 Å². The summed E-state index contributed by atoms with van der Waals surface area (Å²) in [5, 5.41) is 18.4. The van der Waals surface area contributed by atoms with Crippen LogP contribution in [0.15, 0.2) is 65.9 Å². The lowest BCUT2D eigenvalue weighted by Gasteiger charge is -2.37. The Balaban J connectivity index is 1.40. The second-order valence-electron chi connectivity index (χ2n) is 11.6. The van der Waals surface area contributed by atoms with E-state index in [1.54, 1.807) is 24.4 Å². The van der Waals surface area contributed by atoms with Gasteiger partial charge in [-0.25, -0.2) is 9.51 Å². The summed E-state index contributed by atoms with van der Waals surface area (Å²) in [6.07, 6.45) is 7.85. The third-order valence-electron chi connectivity index (χ3n) is 8.63. The van der Waals surface area contributed by atoms with Crippen LogP contribution in [0.4, 0.5) is 17.1 Å². The van der Waals surface area contributed by atoms with E-state index in [0.29, 0.717) is 18.5 Å². The van der Waals surface area contributed by atoms with Crippen molar-refractivity contribution < 1.29 is 9.84 Å². The number of aryl methyl sites for hydroxylation is 1. The fourth-order valence-electron chi connectivity index (χ4n) is 6.17. The maximum Gasteiger partial charge on any atom is 0.135 e. The Morgan fingerprint density at radius 2 is 1.95 bits per heavy atom. The smallest absolute Gasteiger partial charge is 0.135 e. The van der Waals surface area contributed by atoms with Crippen molar-refractivity contribution in [2.45, 2.75) is 44.7 Å². The first kappa shape index (κ1) is 28.1. The van der Waals surface area contributed by atoms with Crippen molar-refractivity contribution in [3.8, 4) is 16.9 Å². The van der Waals surface area contributed by atoms with Gasteiger partial charge >= 0.3 is 0 Å². The minimum Gasteiger partial charge on any atom is -0.508 e. The molecule has 4 N–H and O–H groups in total. The van der Waals surface area contributed by atoms with E-state index in [4.69, 9.17) is 20.6 Å². The van der Waals surface area contributed by atoms with Crippen LogP contribution < -0.4 is 16.0 Å². The molecule has 2 aliphatic heterocycles. The van der Waals surface area contributed by atoms with E-state index in [1.807, 2.05) is 11.4 Å². The van der Waals surface area contributed by atoms with Crippen molar-refractivity contribution in [1.82, 2.24) is 14.5 Å². The molecule has 42 heavy (non-hydrogen) atoms. The van der Waals surface area contributed by atoms with Crippen molar-refractivity contribution in [3.63, 3.8) is 0 Å². The van der Waals surface area contributed by atoms with Gasteiger partial charge in [0.1, 0.15) is 11.6 Å². The van der Waals surface area contributed by atoms with Gasteiger partial charge in [-0.3, -0.25) is 0 Å². The summed E-state index contributed by atoms with van der Waals surface area (Å²) in [7, 11) is 4.35. The second-order valence-corrected chi connectivity index (χ2v) is 11.6. The van der Waals surface area contributed by atoms with E-state index < -0.39 is 0 Å². The van der Waals surface area contributed by atoms with Crippen molar-refractivity contribution >= 4 is 28.4 Å². The molecular weight excluding hydrogens is 526 g/mol. The molecule has 6 rings (SSSR count). The molecule has 0 amide bonds. The molecule has 9 heteroatoms. The highest BCUT2D eigenvalue weighted by molar-refractivity contribution is 6.06. The maximum absolute atomic E-state index is 9.95. The van der Waals surface area contributed by atoms with E-state index in [9.17, 15) is 5.11 Å². The molecule has 0 spiro atoms. The number of hydrogen-bond acceptors (Lipinski definition) is 7. The number of para-hydroxylation sites is 1. The molecule has 0 aliphatic carbocycles. The number of amidine groups is 1. The minimum atomic E-state index is 0.172. The first-order chi connectivity index (χ1) is 20.4. The zero-order chi connectivity index (χ0) is 29.2. The summed E-state index contributed by atoms with van der Waals surface area (Å²) in [6.45, 7) is 5.48. The fraction of sp³-hybridized carbons (Fsp3) is 0.394. The SMILES string of the molecule is CCc1cc(O)ccc1N=C(N)c1cnn2cc(-c3ccccc3N3CCC(N(C)C)CC3)cc2c1N[C@@H]1CCOC1. The lowest BCUT2D eigenvalue weighted by atomic mass is 10.00. The van der Waals surface area contributed by atoms with Crippen LogP contribution in [0.2, 0.25) is 0 Å². The third kappa shape index (κ3) is 5.67. The summed E-state index contributed by atoms with van der Waals surface area (Å²) >= 11 is 0. The Bertz CT molecular complexity index is 1580. The summed E-state index contributed by atoms with van der Waals surface area (Å²) in [5.41, 5.74) is 14.5. The number of ether oxygens (including phenoxy) is 1. The van der Waals surface area contributed by atoms with Crippen LogP contribution in [0.3, 0.4) is 0 Å². The number of anilines is 2. The van der Waals surface area contributed by atoms with Crippen molar-refractivity contribution in [1.29, 1.82) is 0 Å². The summed E-state index contributed by atoms with van der Waals surface area (Å²) in [6, 6.07) is 16.8. The van der Waals surface area contributed by atoms with E-state index in [2.05, 4.69) is 65.7 Å². The first-order valence-electron chi connectivity index (χ1n) is 14.9. The molecule has 4 aromatic rings. The minimum absolute atomic E-state index is 0.172. The number of aromatic nitrogens is 2. The van der Waals surface area contributed by atoms with Crippen LogP contribution in [-0.4, -0.2) is 77.9 Å². The molecule has 2 fully saturated rings. The number of phenols is 1. The van der Waals surface area contributed by atoms with Gasteiger partial charge < -0.3 is 30.7 Å². The summed E-state index contributed by atoms with van der Waals surface area (Å²) in [5.74, 6) is 0.595. The lowest BCUT2D eigenvalue weighted by molar-refractivity contribution is 0.195. The third-order valence-corrected chi connectivity index (χ3v) is 8.63. The number of nitrogens with one attached hydrogen (secondary N) is 1. The van der Waals surface area contributed by atoms with Crippen LogP contribution in [0, 0.1) is 0 Å². The molecule has 4 heterocycles. The van der Waals surface area contributed by atoms with Gasteiger partial charge in [0.25, 0.3) is 0 Å². The molecule has 9 nitrogen and oxygen atoms in total. The highest BCUT2D eigenvalue weighted by atomic mass is 16.5. The van der Waals surface area contributed by atoms with Gasteiger partial charge in [-0.15, -0.1) is 0 Å². The number of benzene rings is 2. The number of hydrogen-bond donors (Lipinski definition) is 3. The number of nitrogens with zero attached hydrogens (tertiary/aromatic N) is 5. The van der Waals surface area contributed by atoms with Crippen LogP contribution >= 0.6 is 0 Å². The monoisotopic (exact) mass is 567 g/mol. The van der Waals surface area contributed by atoms with Gasteiger partial charge in [0.2, 0.25) is 0 Å². The molecule has 0 unspecified atom stereocenters. The van der Waals surface area contributed by atoms with Gasteiger partial charge in [-0.1, -0.05) is 25.1 Å².